The summed E-state index contributed by atoms with van der Waals surface area (Å²) in [6.45, 7) is 3.95. The Labute approximate surface area is 191 Å². The fourth-order valence-electron chi connectivity index (χ4n) is 5.23. The first kappa shape index (κ1) is 21.4. The third-order valence-corrected chi connectivity index (χ3v) is 9.55. The van der Waals surface area contributed by atoms with E-state index >= 15 is 0 Å². The molecule has 3 aliphatic rings. The van der Waals surface area contributed by atoms with Crippen LogP contribution in [0, 0.1) is 5.92 Å². The van der Waals surface area contributed by atoms with E-state index in [1.807, 2.05) is 12.1 Å². The summed E-state index contributed by atoms with van der Waals surface area (Å²) in [5.41, 5.74) is 5.14. The van der Waals surface area contributed by atoms with Crippen molar-refractivity contribution in [2.75, 3.05) is 19.6 Å². The van der Waals surface area contributed by atoms with Crippen LogP contribution in [-0.2, 0) is 29.4 Å². The molecule has 166 valence electrons. The molecule has 0 radical (unpaired) electrons. The standard InChI is InChI=1S/C25H31ClN2O2S/c26-22-5-1-4-18(12-22)13-25-21(17-28-10-3-11-28)15-20-9-8-19(14-24(20)25)16-27-31(29,30)23-6-2-7-23/h1,4-5,8-9,12,14,21,23,25,27H,2-3,6-7,10-11,13,15-17H2. The fourth-order valence-corrected chi connectivity index (χ4v) is 7.00. The van der Waals surface area contributed by atoms with Crippen molar-refractivity contribution in [3.05, 3.63) is 69.7 Å². The molecule has 6 heteroatoms. The highest BCUT2D eigenvalue weighted by atomic mass is 35.5. The largest absolute Gasteiger partial charge is 0.303 e. The van der Waals surface area contributed by atoms with Crippen LogP contribution in [0.1, 0.15) is 53.9 Å². The Morgan fingerprint density at radius 2 is 1.87 bits per heavy atom. The third kappa shape index (κ3) is 4.70. The van der Waals surface area contributed by atoms with Crippen LogP contribution in [0.5, 0.6) is 0 Å². The number of benzene rings is 2. The van der Waals surface area contributed by atoms with E-state index in [-0.39, 0.29) is 5.25 Å². The summed E-state index contributed by atoms with van der Waals surface area (Å²) in [7, 11) is -3.20. The summed E-state index contributed by atoms with van der Waals surface area (Å²) in [5, 5.41) is 0.590. The van der Waals surface area contributed by atoms with Crippen LogP contribution in [-0.4, -0.2) is 38.2 Å². The number of hydrogen-bond donors (Lipinski definition) is 1. The van der Waals surface area contributed by atoms with Gasteiger partial charge in [-0.3, -0.25) is 0 Å². The van der Waals surface area contributed by atoms with Crippen LogP contribution in [0.3, 0.4) is 0 Å². The van der Waals surface area contributed by atoms with Crippen molar-refractivity contribution >= 4 is 21.6 Å². The van der Waals surface area contributed by atoms with E-state index in [1.54, 1.807) is 0 Å². The molecule has 0 amide bonds. The second-order valence-corrected chi connectivity index (χ2v) is 12.0. The summed E-state index contributed by atoms with van der Waals surface area (Å²) in [4.78, 5) is 2.56. The quantitative estimate of drug-likeness (QED) is 0.632. The molecule has 2 fully saturated rings. The molecule has 2 aromatic rings. The fraction of sp³-hybridized carbons (Fsp3) is 0.520. The zero-order valence-corrected chi connectivity index (χ0v) is 19.5. The minimum absolute atomic E-state index is 0.196. The van der Waals surface area contributed by atoms with Gasteiger partial charge in [0.05, 0.1) is 5.25 Å². The average Bonchev–Trinajstić information content (AvgIpc) is 2.98. The number of halogens is 1. The molecule has 2 aromatic carbocycles. The van der Waals surface area contributed by atoms with Crippen molar-refractivity contribution in [1.82, 2.24) is 9.62 Å². The number of sulfonamides is 1. The Hall–Kier alpha value is -1.40. The maximum absolute atomic E-state index is 12.4. The molecule has 4 nitrogen and oxygen atoms in total. The molecule has 0 bridgehead atoms. The number of nitrogens with one attached hydrogen (secondary N) is 1. The van der Waals surface area contributed by atoms with Gasteiger partial charge >= 0.3 is 0 Å². The molecular formula is C25H31ClN2O2S. The monoisotopic (exact) mass is 458 g/mol. The number of hydrogen-bond acceptors (Lipinski definition) is 3. The second-order valence-electron chi connectivity index (χ2n) is 9.51. The number of nitrogens with zero attached hydrogens (tertiary/aromatic N) is 1. The first-order valence-electron chi connectivity index (χ1n) is 11.5. The van der Waals surface area contributed by atoms with Crippen LogP contribution in [0.25, 0.3) is 0 Å². The van der Waals surface area contributed by atoms with E-state index in [9.17, 15) is 8.42 Å². The van der Waals surface area contributed by atoms with E-state index in [0.29, 0.717) is 18.4 Å². The minimum Gasteiger partial charge on any atom is -0.303 e. The Kier molecular flexibility index (Phi) is 6.13. The third-order valence-electron chi connectivity index (χ3n) is 7.42. The summed E-state index contributed by atoms with van der Waals surface area (Å²) in [5.74, 6) is 1.04. The van der Waals surface area contributed by atoms with Gasteiger partial charge < -0.3 is 4.90 Å². The molecule has 2 atom stereocenters. The highest BCUT2D eigenvalue weighted by molar-refractivity contribution is 7.90. The molecule has 1 saturated carbocycles. The van der Waals surface area contributed by atoms with E-state index < -0.39 is 10.0 Å². The average molecular weight is 459 g/mol. The van der Waals surface area contributed by atoms with Gasteiger partial charge in [-0.1, -0.05) is 48.4 Å². The summed E-state index contributed by atoms with van der Waals surface area (Å²) in [6, 6.07) is 14.8. The number of likely N-dealkylation sites (tertiary alicyclic amines) is 1. The highest BCUT2D eigenvalue weighted by Crippen LogP contribution is 2.42. The van der Waals surface area contributed by atoms with Crippen molar-refractivity contribution in [2.24, 2.45) is 5.92 Å². The first-order chi connectivity index (χ1) is 15.0. The zero-order valence-electron chi connectivity index (χ0n) is 17.9. The van der Waals surface area contributed by atoms with E-state index in [1.165, 1.54) is 36.2 Å². The van der Waals surface area contributed by atoms with Gasteiger partial charge in [-0.25, -0.2) is 13.1 Å². The normalized spacial score (nSPS) is 23.9. The number of rotatable bonds is 8. The zero-order chi connectivity index (χ0) is 21.4. The topological polar surface area (TPSA) is 49.4 Å². The van der Waals surface area contributed by atoms with Gasteiger partial charge in [0.2, 0.25) is 10.0 Å². The molecule has 1 heterocycles. The number of fused-ring (bicyclic) bond motifs is 1. The lowest BCUT2D eigenvalue weighted by molar-refractivity contribution is 0.145. The van der Waals surface area contributed by atoms with Crippen molar-refractivity contribution in [3.8, 4) is 0 Å². The van der Waals surface area contributed by atoms with Gasteiger partial charge in [0.25, 0.3) is 0 Å². The lowest BCUT2D eigenvalue weighted by atomic mass is 9.85. The minimum atomic E-state index is -3.20. The summed E-state index contributed by atoms with van der Waals surface area (Å²) >= 11 is 6.26. The molecule has 31 heavy (non-hydrogen) atoms. The Morgan fingerprint density at radius 3 is 2.55 bits per heavy atom. The molecular weight excluding hydrogens is 428 g/mol. The van der Waals surface area contributed by atoms with Crippen molar-refractivity contribution < 1.29 is 8.42 Å². The molecule has 2 unspecified atom stereocenters. The lowest BCUT2D eigenvalue weighted by Gasteiger charge is -2.35. The molecule has 0 spiro atoms. The van der Waals surface area contributed by atoms with Gasteiger partial charge in [0, 0.05) is 18.1 Å². The maximum atomic E-state index is 12.4. The Morgan fingerprint density at radius 1 is 1.03 bits per heavy atom. The summed E-state index contributed by atoms with van der Waals surface area (Å²) < 4.78 is 27.7. The van der Waals surface area contributed by atoms with Gasteiger partial charge in [-0.2, -0.15) is 0 Å². The van der Waals surface area contributed by atoms with Crippen LogP contribution in [0.2, 0.25) is 5.02 Å². The van der Waals surface area contributed by atoms with Gasteiger partial charge in [-0.05, 0) is 91.4 Å². The molecule has 1 N–H and O–H groups in total. The predicted molar refractivity (Wildman–Crippen MR) is 126 cm³/mol. The molecule has 1 aliphatic heterocycles. The van der Waals surface area contributed by atoms with Gasteiger partial charge in [0.15, 0.2) is 0 Å². The Bertz CT molecular complexity index is 1050. The molecule has 0 aromatic heterocycles. The van der Waals surface area contributed by atoms with Crippen LogP contribution < -0.4 is 4.72 Å². The smallest absolute Gasteiger partial charge is 0.214 e. The molecule has 2 aliphatic carbocycles. The highest BCUT2D eigenvalue weighted by Gasteiger charge is 2.35. The van der Waals surface area contributed by atoms with E-state index in [0.717, 1.165) is 49.2 Å². The Balaban J connectivity index is 1.36. The van der Waals surface area contributed by atoms with Gasteiger partial charge in [-0.15, -0.1) is 0 Å². The van der Waals surface area contributed by atoms with Crippen molar-refractivity contribution in [3.63, 3.8) is 0 Å². The van der Waals surface area contributed by atoms with E-state index in [4.69, 9.17) is 11.6 Å². The van der Waals surface area contributed by atoms with Gasteiger partial charge in [0.1, 0.15) is 0 Å². The van der Waals surface area contributed by atoms with Crippen LogP contribution in [0.4, 0.5) is 0 Å². The van der Waals surface area contributed by atoms with E-state index in [2.05, 4.69) is 40.0 Å². The first-order valence-corrected chi connectivity index (χ1v) is 13.5. The van der Waals surface area contributed by atoms with Crippen molar-refractivity contribution in [1.29, 1.82) is 0 Å². The predicted octanol–water partition coefficient (Wildman–Crippen LogP) is 4.52. The van der Waals surface area contributed by atoms with Crippen LogP contribution in [0.15, 0.2) is 42.5 Å². The lowest BCUT2D eigenvalue weighted by Crippen LogP contribution is -2.41. The SMILES string of the molecule is O=S(=O)(NCc1ccc2c(c1)C(Cc1cccc(Cl)c1)C(CN1CCC1)C2)C1CCC1. The van der Waals surface area contributed by atoms with Crippen molar-refractivity contribution in [2.45, 2.75) is 56.2 Å². The molecule has 5 rings (SSSR count). The maximum Gasteiger partial charge on any atom is 0.214 e. The van der Waals surface area contributed by atoms with Crippen LogP contribution >= 0.6 is 11.6 Å². The second kappa shape index (κ2) is 8.86. The molecule has 1 saturated heterocycles. The summed E-state index contributed by atoms with van der Waals surface area (Å²) in [6.07, 6.45) is 5.99.